The second-order valence-electron chi connectivity index (χ2n) is 10.0. The van der Waals surface area contributed by atoms with E-state index in [0.29, 0.717) is 12.1 Å². The minimum Gasteiger partial charge on any atom is -0.494 e. The molecule has 4 N–H and O–H groups in total. The molecule has 0 spiro atoms. The lowest BCUT2D eigenvalue weighted by Crippen LogP contribution is -2.42. The first-order valence-electron chi connectivity index (χ1n) is 13.7. The van der Waals surface area contributed by atoms with Gasteiger partial charge >= 0.3 is 6.18 Å². The van der Waals surface area contributed by atoms with Crippen molar-refractivity contribution in [1.82, 2.24) is 25.5 Å². The van der Waals surface area contributed by atoms with E-state index < -0.39 is 48.0 Å². The molecule has 2 aromatic carbocycles. The van der Waals surface area contributed by atoms with E-state index in [2.05, 4.69) is 25.5 Å². The molecule has 1 amide bonds. The lowest BCUT2D eigenvalue weighted by Gasteiger charge is -2.28. The number of nitrogens with zero attached hydrogens (tertiary/aromatic N) is 4. The number of halogens is 5. The molecule has 16 heteroatoms. The average Bonchev–Trinajstić information content (AvgIpc) is 3.67. The number of hydrogen-bond donors (Lipinski definition) is 4. The van der Waals surface area contributed by atoms with Gasteiger partial charge < -0.3 is 29.8 Å². The lowest BCUT2D eigenvalue weighted by molar-refractivity contribution is -0.137. The van der Waals surface area contributed by atoms with E-state index in [9.17, 15) is 31.9 Å². The summed E-state index contributed by atoms with van der Waals surface area (Å²) in [6, 6.07) is 6.74. The summed E-state index contributed by atoms with van der Waals surface area (Å²) in [6.45, 7) is 0.882. The zero-order chi connectivity index (χ0) is 32.3. The molecule has 45 heavy (non-hydrogen) atoms. The number of rotatable bonds is 11. The number of carbonyl (C=O) groups is 1. The van der Waals surface area contributed by atoms with Crippen LogP contribution in [0.2, 0.25) is 0 Å². The second kappa shape index (κ2) is 13.0. The summed E-state index contributed by atoms with van der Waals surface area (Å²) in [7, 11) is 0. The van der Waals surface area contributed by atoms with E-state index in [1.807, 2.05) is 6.92 Å². The first kappa shape index (κ1) is 31.6. The first-order chi connectivity index (χ1) is 21.5. The molecule has 3 heterocycles. The molecule has 0 aliphatic carbocycles. The third kappa shape index (κ3) is 6.81. The molecule has 5 rings (SSSR count). The van der Waals surface area contributed by atoms with Crippen LogP contribution in [-0.2, 0) is 17.5 Å². The summed E-state index contributed by atoms with van der Waals surface area (Å²) in [5, 5.41) is 30.6. The number of nitrogens with one attached hydrogen (secondary N) is 2. The van der Waals surface area contributed by atoms with Gasteiger partial charge in [0.15, 0.2) is 23.4 Å². The zero-order valence-electron chi connectivity index (χ0n) is 23.6. The number of aromatic amines is 1. The van der Waals surface area contributed by atoms with Crippen LogP contribution >= 0.6 is 0 Å². The van der Waals surface area contributed by atoms with Crippen LogP contribution in [0.1, 0.15) is 42.1 Å². The van der Waals surface area contributed by atoms with Crippen molar-refractivity contribution in [3.63, 3.8) is 0 Å². The molecule has 2 aromatic heterocycles. The smallest absolute Gasteiger partial charge is 0.417 e. The highest BCUT2D eigenvalue weighted by Crippen LogP contribution is 2.40. The molecule has 0 bridgehead atoms. The summed E-state index contributed by atoms with van der Waals surface area (Å²) in [4.78, 5) is 20.5. The van der Waals surface area contributed by atoms with Gasteiger partial charge in [0.05, 0.1) is 48.9 Å². The van der Waals surface area contributed by atoms with Crippen LogP contribution in [0.3, 0.4) is 0 Å². The van der Waals surface area contributed by atoms with Crippen LogP contribution in [0.4, 0.5) is 22.0 Å². The number of hydrogen-bond acceptors (Lipinski definition) is 9. The average molecular weight is 635 g/mol. The molecule has 0 saturated carbocycles. The van der Waals surface area contributed by atoms with Gasteiger partial charge in [0.2, 0.25) is 0 Å². The maximum absolute atomic E-state index is 14.4. The molecule has 2 unspecified atom stereocenters. The number of imidazole rings is 1. The van der Waals surface area contributed by atoms with Gasteiger partial charge in [-0.25, -0.2) is 13.8 Å². The quantitative estimate of drug-likeness (QED) is 0.180. The predicted molar refractivity (Wildman–Crippen MR) is 149 cm³/mol. The van der Waals surface area contributed by atoms with Crippen molar-refractivity contribution in [2.24, 2.45) is 5.10 Å². The molecule has 2 atom stereocenters. The Bertz CT molecular complexity index is 1700. The number of fused-ring (bicyclic) bond motifs is 1. The molecular weight excluding hydrogens is 607 g/mol. The van der Waals surface area contributed by atoms with Crippen LogP contribution in [-0.4, -0.2) is 68.3 Å². The van der Waals surface area contributed by atoms with Gasteiger partial charge in [-0.1, -0.05) is 18.1 Å². The molecule has 0 radical (unpaired) electrons. The summed E-state index contributed by atoms with van der Waals surface area (Å²) >= 11 is 0. The second-order valence-corrected chi connectivity index (χ2v) is 10.0. The zero-order valence-corrected chi connectivity index (χ0v) is 23.6. The Morgan fingerprint density at radius 2 is 2.00 bits per heavy atom. The standard InChI is InChI=1S/C29H27F5N6O5/c1-2-8-44-16-6-7-17(19(9-16)29(32,33)34)21-10-24(45-39-21)26(28(43)35-11-15(42)14-41)40-13-23-22(12-36-40)37-27(38-23)18-4-3-5-20(30)25(18)31/h3-7,9-10,12,15,26,41-42H,2,8,11,13-14H2,1H3,(H,35,43)(H,37,38). The van der Waals surface area contributed by atoms with Gasteiger partial charge in [-0.15, -0.1) is 0 Å². The number of amides is 1. The molecule has 1 aliphatic rings. The van der Waals surface area contributed by atoms with Crippen LogP contribution in [0.5, 0.6) is 5.75 Å². The number of benzene rings is 2. The van der Waals surface area contributed by atoms with Gasteiger partial charge in [-0.3, -0.25) is 9.80 Å². The number of ether oxygens (including phenoxy) is 1. The fourth-order valence-corrected chi connectivity index (χ4v) is 4.58. The monoisotopic (exact) mass is 634 g/mol. The molecule has 238 valence electrons. The third-order valence-electron chi connectivity index (χ3n) is 6.78. The Morgan fingerprint density at radius 1 is 1.20 bits per heavy atom. The lowest BCUT2D eigenvalue weighted by atomic mass is 10.0. The topological polar surface area (TPSA) is 149 Å². The van der Waals surface area contributed by atoms with Gasteiger partial charge in [0.25, 0.3) is 5.91 Å². The highest BCUT2D eigenvalue weighted by molar-refractivity contribution is 5.85. The Balaban J connectivity index is 1.48. The Hall–Kier alpha value is -4.83. The Labute approximate surface area is 252 Å². The number of carbonyl (C=O) groups excluding carboxylic acids is 1. The van der Waals surface area contributed by atoms with Crippen molar-refractivity contribution in [2.45, 2.75) is 38.2 Å². The van der Waals surface area contributed by atoms with E-state index in [0.717, 1.165) is 18.2 Å². The van der Waals surface area contributed by atoms with Crippen LogP contribution in [0.15, 0.2) is 52.1 Å². The molecule has 1 aliphatic heterocycles. The fraction of sp³-hybridized carbons (Fsp3) is 0.310. The summed E-state index contributed by atoms with van der Waals surface area (Å²) in [5.41, 5.74) is -1.08. The third-order valence-corrected chi connectivity index (χ3v) is 6.78. The predicted octanol–water partition coefficient (Wildman–Crippen LogP) is 4.18. The number of aliphatic hydroxyl groups is 2. The highest BCUT2D eigenvalue weighted by Gasteiger charge is 2.37. The maximum Gasteiger partial charge on any atom is 0.417 e. The minimum absolute atomic E-state index is 0.00497. The molecule has 11 nitrogen and oxygen atoms in total. The van der Waals surface area contributed by atoms with Crippen molar-refractivity contribution in [3.05, 3.63) is 76.8 Å². The molecular formula is C29H27F5N6O5. The van der Waals surface area contributed by atoms with Crippen molar-refractivity contribution in [2.75, 3.05) is 19.8 Å². The van der Waals surface area contributed by atoms with Crippen molar-refractivity contribution in [3.8, 4) is 28.4 Å². The first-order valence-corrected chi connectivity index (χ1v) is 13.7. The number of H-pyrrole nitrogens is 1. The minimum atomic E-state index is -4.77. The molecule has 0 fully saturated rings. The van der Waals surface area contributed by atoms with Crippen molar-refractivity contribution >= 4 is 12.1 Å². The summed E-state index contributed by atoms with van der Waals surface area (Å²) in [6.07, 6.45) is -4.22. The number of aromatic nitrogens is 3. The summed E-state index contributed by atoms with van der Waals surface area (Å²) in [5.74, 6) is -3.15. The maximum atomic E-state index is 14.4. The van der Waals surface area contributed by atoms with Crippen LogP contribution in [0, 0.1) is 11.6 Å². The van der Waals surface area contributed by atoms with Gasteiger partial charge in [0.1, 0.15) is 23.0 Å². The SMILES string of the molecule is CCCOc1ccc(-c2cc(C(C(=O)NCC(O)CO)N3Cc4[nH]c(-c5cccc(F)c5F)nc4C=N3)on2)c(C(F)(F)F)c1. The molecule has 4 aromatic rings. The van der Waals surface area contributed by atoms with E-state index in [-0.39, 0.29) is 59.5 Å². The van der Waals surface area contributed by atoms with E-state index in [1.165, 1.54) is 35.5 Å². The molecule has 0 saturated heterocycles. The van der Waals surface area contributed by atoms with Crippen molar-refractivity contribution in [1.29, 1.82) is 0 Å². The van der Waals surface area contributed by atoms with E-state index in [1.54, 1.807) is 0 Å². The van der Waals surface area contributed by atoms with Gasteiger partial charge in [0, 0.05) is 18.2 Å². The number of alkyl halides is 3. The van der Waals surface area contributed by atoms with Gasteiger partial charge in [-0.2, -0.15) is 18.3 Å². The normalized spacial score (nSPS) is 14.3. The fourth-order valence-electron chi connectivity index (χ4n) is 4.58. The summed E-state index contributed by atoms with van der Waals surface area (Å²) < 4.78 is 81.1. The Kier molecular flexibility index (Phi) is 9.15. The van der Waals surface area contributed by atoms with E-state index >= 15 is 0 Å². The highest BCUT2D eigenvalue weighted by atomic mass is 19.4. The Morgan fingerprint density at radius 3 is 2.73 bits per heavy atom. The largest absolute Gasteiger partial charge is 0.494 e. The van der Waals surface area contributed by atoms with Gasteiger partial charge in [-0.05, 0) is 36.8 Å². The number of aliphatic hydroxyl groups excluding tert-OH is 2. The number of hydrazone groups is 1. The van der Waals surface area contributed by atoms with Crippen LogP contribution < -0.4 is 10.1 Å². The van der Waals surface area contributed by atoms with Crippen molar-refractivity contribution < 1.29 is 46.2 Å². The van der Waals surface area contributed by atoms with E-state index in [4.69, 9.17) is 14.4 Å². The van der Waals surface area contributed by atoms with Crippen LogP contribution in [0.25, 0.3) is 22.6 Å².